The van der Waals surface area contributed by atoms with Crippen molar-refractivity contribution in [1.82, 2.24) is 10.2 Å². The molecule has 0 spiro atoms. The fraction of sp³-hybridized carbons (Fsp3) is 1.00. The lowest BCUT2D eigenvalue weighted by atomic mass is 10.1. The van der Waals surface area contributed by atoms with Gasteiger partial charge in [-0.05, 0) is 53.1 Å². The summed E-state index contributed by atoms with van der Waals surface area (Å²) in [6, 6.07) is 0. The van der Waals surface area contributed by atoms with Crippen LogP contribution >= 0.6 is 0 Å². The molecular formula is C13H26N2O. The highest BCUT2D eigenvalue weighted by Crippen LogP contribution is 2.21. The Morgan fingerprint density at radius 3 is 2.88 bits per heavy atom. The van der Waals surface area contributed by atoms with Crippen molar-refractivity contribution in [1.29, 1.82) is 0 Å². The second-order valence-electron chi connectivity index (χ2n) is 6.05. The summed E-state index contributed by atoms with van der Waals surface area (Å²) >= 11 is 0. The Hall–Kier alpha value is -0.120. The third-order valence-electron chi connectivity index (χ3n) is 3.66. The molecule has 2 atom stereocenters. The molecule has 2 unspecified atom stereocenters. The molecule has 16 heavy (non-hydrogen) atoms. The summed E-state index contributed by atoms with van der Waals surface area (Å²) < 4.78 is 5.91. The van der Waals surface area contributed by atoms with E-state index in [1.165, 1.54) is 25.8 Å². The minimum absolute atomic E-state index is 0.251. The van der Waals surface area contributed by atoms with E-state index in [0.717, 1.165) is 19.6 Å². The van der Waals surface area contributed by atoms with Gasteiger partial charge in [-0.2, -0.15) is 0 Å². The van der Waals surface area contributed by atoms with E-state index in [0.29, 0.717) is 12.2 Å². The van der Waals surface area contributed by atoms with Crippen molar-refractivity contribution >= 4 is 0 Å². The SMILES string of the molecule is CC1CCC(CN2CCCNC(C)(C)C2)O1. The maximum absolute atomic E-state index is 5.91. The molecule has 0 aromatic rings. The van der Waals surface area contributed by atoms with E-state index in [-0.39, 0.29) is 5.54 Å². The Balaban J connectivity index is 1.83. The lowest BCUT2D eigenvalue weighted by Gasteiger charge is -2.31. The van der Waals surface area contributed by atoms with Crippen LogP contribution in [-0.4, -0.2) is 48.8 Å². The summed E-state index contributed by atoms with van der Waals surface area (Å²) in [6.07, 6.45) is 4.68. The van der Waals surface area contributed by atoms with Gasteiger partial charge >= 0.3 is 0 Å². The van der Waals surface area contributed by atoms with Crippen molar-refractivity contribution < 1.29 is 4.74 Å². The van der Waals surface area contributed by atoms with Crippen molar-refractivity contribution in [3.8, 4) is 0 Å². The molecule has 0 radical (unpaired) electrons. The van der Waals surface area contributed by atoms with Crippen LogP contribution in [0.2, 0.25) is 0 Å². The molecule has 0 aliphatic carbocycles. The average Bonchev–Trinajstić information content (AvgIpc) is 2.49. The molecule has 2 aliphatic heterocycles. The lowest BCUT2D eigenvalue weighted by Crippen LogP contribution is -2.47. The highest BCUT2D eigenvalue weighted by atomic mass is 16.5. The maximum atomic E-state index is 5.91. The number of rotatable bonds is 2. The van der Waals surface area contributed by atoms with Crippen molar-refractivity contribution in [3.05, 3.63) is 0 Å². The molecule has 0 bridgehead atoms. The van der Waals surface area contributed by atoms with Crippen LogP contribution in [0.4, 0.5) is 0 Å². The van der Waals surface area contributed by atoms with E-state index in [9.17, 15) is 0 Å². The second-order valence-corrected chi connectivity index (χ2v) is 6.05. The quantitative estimate of drug-likeness (QED) is 0.774. The highest BCUT2D eigenvalue weighted by Gasteiger charge is 2.28. The van der Waals surface area contributed by atoms with Crippen molar-refractivity contribution in [2.75, 3.05) is 26.2 Å². The van der Waals surface area contributed by atoms with Crippen LogP contribution in [0.5, 0.6) is 0 Å². The van der Waals surface area contributed by atoms with E-state index >= 15 is 0 Å². The number of hydrogen-bond acceptors (Lipinski definition) is 3. The van der Waals surface area contributed by atoms with Gasteiger partial charge in [0, 0.05) is 18.6 Å². The molecule has 0 amide bonds. The van der Waals surface area contributed by atoms with E-state index < -0.39 is 0 Å². The minimum atomic E-state index is 0.251. The molecule has 2 heterocycles. The molecule has 0 aromatic carbocycles. The topological polar surface area (TPSA) is 24.5 Å². The first kappa shape index (κ1) is 12.3. The van der Waals surface area contributed by atoms with Crippen LogP contribution in [0.1, 0.15) is 40.0 Å². The van der Waals surface area contributed by atoms with E-state index in [2.05, 4.69) is 31.0 Å². The van der Waals surface area contributed by atoms with Gasteiger partial charge in [-0.25, -0.2) is 0 Å². The van der Waals surface area contributed by atoms with Crippen LogP contribution in [0.25, 0.3) is 0 Å². The lowest BCUT2D eigenvalue weighted by molar-refractivity contribution is 0.0290. The maximum Gasteiger partial charge on any atom is 0.0706 e. The standard InChI is InChI=1S/C13H26N2O/c1-11-5-6-12(16-11)9-15-8-4-7-14-13(2,3)10-15/h11-12,14H,4-10H2,1-3H3. The predicted octanol–water partition coefficient (Wildman–Crippen LogP) is 1.63. The summed E-state index contributed by atoms with van der Waals surface area (Å²) in [7, 11) is 0. The molecule has 3 heteroatoms. The Bertz CT molecular complexity index is 230. The van der Waals surface area contributed by atoms with Crippen molar-refractivity contribution in [2.24, 2.45) is 0 Å². The number of hydrogen-bond donors (Lipinski definition) is 1. The van der Waals surface area contributed by atoms with Gasteiger partial charge < -0.3 is 10.1 Å². The van der Waals surface area contributed by atoms with Crippen LogP contribution in [-0.2, 0) is 4.74 Å². The first-order chi connectivity index (χ1) is 7.55. The molecule has 0 saturated carbocycles. The Labute approximate surface area is 99.5 Å². The molecule has 94 valence electrons. The zero-order valence-corrected chi connectivity index (χ0v) is 11.0. The van der Waals surface area contributed by atoms with Crippen LogP contribution in [0.15, 0.2) is 0 Å². The third kappa shape index (κ3) is 3.44. The summed E-state index contributed by atoms with van der Waals surface area (Å²) in [5.74, 6) is 0. The zero-order chi connectivity index (χ0) is 11.6. The summed E-state index contributed by atoms with van der Waals surface area (Å²) in [5.41, 5.74) is 0.251. The van der Waals surface area contributed by atoms with Crippen LogP contribution in [0.3, 0.4) is 0 Å². The predicted molar refractivity (Wildman–Crippen MR) is 66.7 cm³/mol. The van der Waals surface area contributed by atoms with Gasteiger partial charge in [0.25, 0.3) is 0 Å². The summed E-state index contributed by atoms with van der Waals surface area (Å²) in [4.78, 5) is 2.57. The van der Waals surface area contributed by atoms with E-state index in [1.807, 2.05) is 0 Å². The van der Waals surface area contributed by atoms with Crippen LogP contribution < -0.4 is 5.32 Å². The smallest absolute Gasteiger partial charge is 0.0706 e. The normalized spacial score (nSPS) is 36.2. The van der Waals surface area contributed by atoms with Crippen LogP contribution in [0, 0.1) is 0 Å². The monoisotopic (exact) mass is 226 g/mol. The molecule has 2 saturated heterocycles. The first-order valence-corrected chi connectivity index (χ1v) is 6.68. The molecule has 3 nitrogen and oxygen atoms in total. The molecule has 2 rings (SSSR count). The minimum Gasteiger partial charge on any atom is -0.374 e. The fourth-order valence-corrected chi connectivity index (χ4v) is 2.89. The van der Waals surface area contributed by atoms with Gasteiger partial charge in [0.1, 0.15) is 0 Å². The van der Waals surface area contributed by atoms with Gasteiger partial charge in [0.2, 0.25) is 0 Å². The number of ether oxygens (including phenoxy) is 1. The van der Waals surface area contributed by atoms with Gasteiger partial charge in [-0.15, -0.1) is 0 Å². The third-order valence-corrected chi connectivity index (χ3v) is 3.66. The van der Waals surface area contributed by atoms with Gasteiger partial charge in [-0.3, -0.25) is 4.90 Å². The largest absolute Gasteiger partial charge is 0.374 e. The van der Waals surface area contributed by atoms with E-state index in [1.54, 1.807) is 0 Å². The Morgan fingerprint density at radius 1 is 1.38 bits per heavy atom. The molecule has 1 N–H and O–H groups in total. The van der Waals surface area contributed by atoms with Gasteiger partial charge in [0.15, 0.2) is 0 Å². The molecule has 0 aromatic heterocycles. The first-order valence-electron chi connectivity index (χ1n) is 6.68. The molecule has 2 fully saturated rings. The zero-order valence-electron chi connectivity index (χ0n) is 11.0. The molecular weight excluding hydrogens is 200 g/mol. The Kier molecular flexibility index (Phi) is 3.88. The summed E-state index contributed by atoms with van der Waals surface area (Å²) in [5, 5.41) is 3.60. The fourth-order valence-electron chi connectivity index (χ4n) is 2.89. The van der Waals surface area contributed by atoms with Gasteiger partial charge in [-0.1, -0.05) is 0 Å². The van der Waals surface area contributed by atoms with Crippen molar-refractivity contribution in [2.45, 2.75) is 57.8 Å². The average molecular weight is 226 g/mol. The number of nitrogens with zero attached hydrogens (tertiary/aromatic N) is 1. The summed E-state index contributed by atoms with van der Waals surface area (Å²) in [6.45, 7) is 11.4. The Morgan fingerprint density at radius 2 is 2.19 bits per heavy atom. The second kappa shape index (κ2) is 5.03. The van der Waals surface area contributed by atoms with Crippen molar-refractivity contribution in [3.63, 3.8) is 0 Å². The highest BCUT2D eigenvalue weighted by molar-refractivity contribution is 4.86. The van der Waals surface area contributed by atoms with E-state index in [4.69, 9.17) is 4.74 Å². The number of nitrogens with one attached hydrogen (secondary N) is 1. The molecule has 2 aliphatic rings. The van der Waals surface area contributed by atoms with Gasteiger partial charge in [0.05, 0.1) is 12.2 Å².